The normalized spacial score (nSPS) is 22.6. The topological polar surface area (TPSA) is 46.2 Å². The molecule has 1 atom stereocenters. The van der Waals surface area contributed by atoms with Crippen LogP contribution in [0.1, 0.15) is 37.2 Å². The first-order valence-electron chi connectivity index (χ1n) is 6.57. The second-order valence-corrected chi connectivity index (χ2v) is 6.06. The van der Waals surface area contributed by atoms with Crippen molar-refractivity contribution in [1.29, 1.82) is 0 Å². The van der Waals surface area contributed by atoms with Gasteiger partial charge in [0, 0.05) is 34.5 Å². The highest BCUT2D eigenvalue weighted by atomic mass is 79.9. The third-order valence-corrected chi connectivity index (χ3v) is 4.31. The van der Waals surface area contributed by atoms with Gasteiger partial charge in [-0.25, -0.2) is 4.39 Å². The van der Waals surface area contributed by atoms with Gasteiger partial charge in [0.2, 0.25) is 5.91 Å². The molecule has 104 valence electrons. The van der Waals surface area contributed by atoms with Crippen molar-refractivity contribution in [3.63, 3.8) is 0 Å². The van der Waals surface area contributed by atoms with E-state index < -0.39 is 5.92 Å². The molecular weight excluding hydrogens is 325 g/mol. The van der Waals surface area contributed by atoms with Crippen LogP contribution in [0.2, 0.25) is 0 Å². The Labute approximate surface area is 124 Å². The van der Waals surface area contributed by atoms with Crippen molar-refractivity contribution in [2.45, 2.75) is 31.6 Å². The molecule has 1 aliphatic carbocycles. The van der Waals surface area contributed by atoms with Crippen LogP contribution in [0.3, 0.4) is 0 Å². The van der Waals surface area contributed by atoms with Crippen LogP contribution >= 0.6 is 15.9 Å². The zero-order valence-corrected chi connectivity index (χ0v) is 12.3. The number of halogens is 2. The molecule has 0 spiro atoms. The minimum atomic E-state index is -0.468. The first-order valence-corrected chi connectivity index (χ1v) is 7.36. The average molecular weight is 338 g/mol. The van der Waals surface area contributed by atoms with Gasteiger partial charge in [0.05, 0.1) is 0 Å². The maximum Gasteiger partial charge on any atom is 0.225 e. The number of hydrogen-bond acceptors (Lipinski definition) is 2. The summed E-state index contributed by atoms with van der Waals surface area (Å²) in [5.41, 5.74) is 1.69. The Morgan fingerprint density at radius 2 is 2.05 bits per heavy atom. The second kappa shape index (κ2) is 5.13. The van der Waals surface area contributed by atoms with Gasteiger partial charge in [-0.15, -0.1) is 0 Å². The van der Waals surface area contributed by atoms with E-state index >= 15 is 0 Å². The van der Waals surface area contributed by atoms with E-state index in [-0.39, 0.29) is 23.9 Å². The Morgan fingerprint density at radius 1 is 1.25 bits per heavy atom. The van der Waals surface area contributed by atoms with E-state index in [9.17, 15) is 14.0 Å². The molecule has 1 heterocycles. The summed E-state index contributed by atoms with van der Waals surface area (Å²) in [6.45, 7) is 0. The van der Waals surface area contributed by atoms with E-state index in [2.05, 4.69) is 21.2 Å². The van der Waals surface area contributed by atoms with Crippen molar-refractivity contribution < 1.29 is 14.0 Å². The fourth-order valence-corrected chi connectivity index (χ4v) is 3.33. The predicted molar refractivity (Wildman–Crippen MR) is 75.5 cm³/mol. The summed E-state index contributed by atoms with van der Waals surface area (Å²) in [5.74, 6) is -0.972. The van der Waals surface area contributed by atoms with E-state index in [1.165, 1.54) is 6.07 Å². The fraction of sp³-hybridized carbons (Fsp3) is 0.333. The number of nitrogens with one attached hydrogen (secondary N) is 1. The van der Waals surface area contributed by atoms with E-state index in [0.717, 1.165) is 10.9 Å². The fourth-order valence-electron chi connectivity index (χ4n) is 2.95. The highest BCUT2D eigenvalue weighted by molar-refractivity contribution is 9.10. The molecule has 5 heteroatoms. The monoisotopic (exact) mass is 337 g/mol. The van der Waals surface area contributed by atoms with Crippen molar-refractivity contribution in [2.24, 2.45) is 0 Å². The first kappa shape index (κ1) is 13.5. The SMILES string of the molecule is O=C1C[C@@H](c2cc(Br)ccc2F)C2=C(CCCC2=O)N1. The van der Waals surface area contributed by atoms with E-state index in [4.69, 9.17) is 0 Å². The maximum atomic E-state index is 14.1. The predicted octanol–water partition coefficient (Wildman–Crippen LogP) is 3.20. The number of allylic oxidation sites excluding steroid dienone is 2. The van der Waals surface area contributed by atoms with Crippen LogP contribution < -0.4 is 5.32 Å². The Hall–Kier alpha value is -1.49. The van der Waals surface area contributed by atoms with Crippen molar-refractivity contribution >= 4 is 27.6 Å². The van der Waals surface area contributed by atoms with Gasteiger partial charge in [0.25, 0.3) is 0 Å². The highest BCUT2D eigenvalue weighted by Gasteiger charge is 2.35. The molecule has 3 nitrogen and oxygen atoms in total. The van der Waals surface area contributed by atoms with Gasteiger partial charge in [0.15, 0.2) is 5.78 Å². The van der Waals surface area contributed by atoms with Crippen molar-refractivity contribution in [3.05, 3.63) is 45.3 Å². The summed E-state index contributed by atoms with van der Waals surface area (Å²) in [5, 5.41) is 2.77. The van der Waals surface area contributed by atoms with E-state index in [1.54, 1.807) is 12.1 Å². The second-order valence-electron chi connectivity index (χ2n) is 5.14. The van der Waals surface area contributed by atoms with Crippen LogP contribution in [0.4, 0.5) is 4.39 Å². The standard InChI is InChI=1S/C15H13BrFNO2/c16-8-4-5-11(17)9(6-8)10-7-14(20)18-12-2-1-3-13(19)15(10)12/h4-6,10H,1-3,7H2,(H,18,20)/t10-/m0/s1. The molecule has 1 N–H and O–H groups in total. The Morgan fingerprint density at radius 3 is 2.85 bits per heavy atom. The molecule has 2 aliphatic rings. The van der Waals surface area contributed by atoms with Crippen LogP contribution in [0.25, 0.3) is 0 Å². The number of amides is 1. The van der Waals surface area contributed by atoms with Crippen LogP contribution in [-0.4, -0.2) is 11.7 Å². The van der Waals surface area contributed by atoms with Crippen molar-refractivity contribution in [2.75, 3.05) is 0 Å². The molecule has 1 aromatic rings. The number of benzene rings is 1. The number of Topliss-reactive ketones (excluding diaryl/α,β-unsaturated/α-hetero) is 1. The summed E-state index contributed by atoms with van der Waals surface area (Å²) >= 11 is 3.31. The molecule has 0 fully saturated rings. The van der Waals surface area contributed by atoms with Gasteiger partial charge in [0.1, 0.15) is 5.82 Å². The highest BCUT2D eigenvalue weighted by Crippen LogP contribution is 2.39. The molecule has 0 radical (unpaired) electrons. The van der Waals surface area contributed by atoms with Gasteiger partial charge in [-0.1, -0.05) is 15.9 Å². The summed E-state index contributed by atoms with van der Waals surface area (Å²) in [6.07, 6.45) is 2.02. The molecule has 0 aromatic heterocycles. The molecule has 0 saturated heterocycles. The van der Waals surface area contributed by atoms with E-state index in [0.29, 0.717) is 29.7 Å². The third-order valence-electron chi connectivity index (χ3n) is 3.82. The van der Waals surface area contributed by atoms with Crippen molar-refractivity contribution in [3.8, 4) is 0 Å². The maximum absolute atomic E-state index is 14.1. The quantitative estimate of drug-likeness (QED) is 0.855. The summed E-state index contributed by atoms with van der Waals surface area (Å²) in [4.78, 5) is 24.0. The van der Waals surface area contributed by atoms with Crippen LogP contribution in [0, 0.1) is 5.82 Å². The lowest BCUT2D eigenvalue weighted by Gasteiger charge is -2.31. The first-order chi connectivity index (χ1) is 9.56. The summed E-state index contributed by atoms with van der Waals surface area (Å²) in [7, 11) is 0. The zero-order chi connectivity index (χ0) is 14.3. The molecule has 20 heavy (non-hydrogen) atoms. The van der Waals surface area contributed by atoms with Crippen LogP contribution in [0.5, 0.6) is 0 Å². The molecular formula is C15H13BrFNO2. The molecule has 1 amide bonds. The molecule has 0 unspecified atom stereocenters. The molecule has 0 saturated carbocycles. The van der Waals surface area contributed by atoms with Crippen LogP contribution in [0.15, 0.2) is 33.9 Å². The number of carbonyl (C=O) groups excluding carboxylic acids is 2. The average Bonchev–Trinajstić information content (AvgIpc) is 2.40. The molecule has 3 rings (SSSR count). The van der Waals surface area contributed by atoms with Gasteiger partial charge >= 0.3 is 0 Å². The Bertz CT molecular complexity index is 639. The molecule has 1 aliphatic heterocycles. The van der Waals surface area contributed by atoms with Crippen LogP contribution in [-0.2, 0) is 9.59 Å². The largest absolute Gasteiger partial charge is 0.329 e. The smallest absolute Gasteiger partial charge is 0.225 e. The number of hydrogen-bond donors (Lipinski definition) is 1. The lowest BCUT2D eigenvalue weighted by atomic mass is 9.78. The molecule has 1 aromatic carbocycles. The van der Waals surface area contributed by atoms with Crippen molar-refractivity contribution in [1.82, 2.24) is 5.32 Å². The third kappa shape index (κ3) is 2.30. The van der Waals surface area contributed by atoms with Gasteiger partial charge < -0.3 is 5.32 Å². The number of ketones is 1. The minimum Gasteiger partial charge on any atom is -0.329 e. The Balaban J connectivity index is 2.13. The van der Waals surface area contributed by atoms with E-state index in [1.807, 2.05) is 0 Å². The minimum absolute atomic E-state index is 0.0237. The van der Waals surface area contributed by atoms with Gasteiger partial charge in [-0.3, -0.25) is 9.59 Å². The Kier molecular flexibility index (Phi) is 3.46. The lowest BCUT2D eigenvalue weighted by molar-refractivity contribution is -0.122. The zero-order valence-electron chi connectivity index (χ0n) is 10.7. The molecule has 0 bridgehead atoms. The summed E-state index contributed by atoms with van der Waals surface area (Å²) in [6, 6.07) is 4.63. The van der Waals surface area contributed by atoms with Gasteiger partial charge in [-0.05, 0) is 36.6 Å². The lowest BCUT2D eigenvalue weighted by Crippen LogP contribution is -2.36. The number of carbonyl (C=O) groups is 2. The van der Waals surface area contributed by atoms with Gasteiger partial charge in [-0.2, -0.15) is 0 Å². The number of rotatable bonds is 1. The summed E-state index contributed by atoms with van der Waals surface area (Å²) < 4.78 is 14.8.